The molecule has 0 fully saturated rings. The quantitative estimate of drug-likeness (QED) is 0.909. The molecule has 1 heterocycles. The summed E-state index contributed by atoms with van der Waals surface area (Å²) in [6.07, 6.45) is -0.354. The summed E-state index contributed by atoms with van der Waals surface area (Å²) in [5.41, 5.74) is 1.69. The van der Waals surface area contributed by atoms with E-state index < -0.39 is 23.7 Å². The summed E-state index contributed by atoms with van der Waals surface area (Å²) in [6.45, 7) is 5.27. The number of hydrogen-bond acceptors (Lipinski definition) is 4. The topological polar surface area (TPSA) is 70.1 Å². The molecule has 22 heavy (non-hydrogen) atoms. The molecule has 0 radical (unpaired) electrons. The van der Waals surface area contributed by atoms with Gasteiger partial charge in [0.2, 0.25) is 0 Å². The third-order valence-electron chi connectivity index (χ3n) is 3.45. The molecule has 1 N–H and O–H groups in total. The lowest BCUT2D eigenvalue weighted by atomic mass is 10.1. The van der Waals surface area contributed by atoms with Crippen LogP contribution >= 0.6 is 0 Å². The minimum absolute atomic E-state index is 0.276. The first kappa shape index (κ1) is 16.1. The van der Waals surface area contributed by atoms with Crippen molar-refractivity contribution < 1.29 is 19.4 Å². The zero-order valence-corrected chi connectivity index (χ0v) is 13.6. The Morgan fingerprint density at radius 3 is 2.45 bits per heavy atom. The number of hydrogen-bond donors (Lipinski definition) is 1. The lowest BCUT2D eigenvalue weighted by Crippen LogP contribution is -2.45. The summed E-state index contributed by atoms with van der Waals surface area (Å²) in [7, 11) is 3.78. The zero-order valence-electron chi connectivity index (χ0n) is 13.6. The number of carboxylic acids is 1. The van der Waals surface area contributed by atoms with Crippen LogP contribution < -0.4 is 9.80 Å². The van der Waals surface area contributed by atoms with Gasteiger partial charge in [-0.05, 0) is 32.9 Å². The first-order chi connectivity index (χ1) is 10.1. The van der Waals surface area contributed by atoms with Gasteiger partial charge in [0.15, 0.2) is 0 Å². The van der Waals surface area contributed by atoms with Crippen molar-refractivity contribution in [1.82, 2.24) is 0 Å². The van der Waals surface area contributed by atoms with Crippen molar-refractivity contribution in [3.8, 4) is 0 Å². The molecule has 0 aliphatic carbocycles. The number of rotatable bonds is 2. The number of carboxylic acid groups (broad SMARTS) is 1. The molecule has 6 nitrogen and oxygen atoms in total. The van der Waals surface area contributed by atoms with E-state index in [2.05, 4.69) is 0 Å². The molecule has 0 aromatic heterocycles. The summed E-state index contributed by atoms with van der Waals surface area (Å²) in [6, 6.07) is 4.55. The number of fused-ring (bicyclic) bond motifs is 1. The van der Waals surface area contributed by atoms with Crippen LogP contribution in [-0.4, -0.2) is 42.9 Å². The molecule has 1 amide bonds. The van der Waals surface area contributed by atoms with E-state index in [1.165, 1.54) is 4.90 Å². The predicted octanol–water partition coefficient (Wildman–Crippen LogP) is 2.50. The highest BCUT2D eigenvalue weighted by atomic mass is 16.6. The van der Waals surface area contributed by atoms with Crippen LogP contribution in [-0.2, 0) is 16.0 Å². The molecule has 1 aromatic rings. The van der Waals surface area contributed by atoms with Gasteiger partial charge in [0, 0.05) is 31.8 Å². The Bertz CT molecular complexity index is 605. The van der Waals surface area contributed by atoms with Gasteiger partial charge in [0.25, 0.3) is 0 Å². The number of aliphatic carboxylic acids is 1. The summed E-state index contributed by atoms with van der Waals surface area (Å²) in [5, 5.41) is 9.47. The number of ether oxygens (including phenoxy) is 1. The van der Waals surface area contributed by atoms with Crippen LogP contribution in [0.2, 0.25) is 0 Å². The largest absolute Gasteiger partial charge is 0.480 e. The summed E-state index contributed by atoms with van der Waals surface area (Å²) in [4.78, 5) is 27.2. The van der Waals surface area contributed by atoms with Gasteiger partial charge in [-0.2, -0.15) is 0 Å². The second-order valence-electron chi connectivity index (χ2n) is 6.58. The number of amides is 1. The predicted molar refractivity (Wildman–Crippen MR) is 84.6 cm³/mol. The molecular weight excluding hydrogens is 284 g/mol. The molecule has 0 saturated heterocycles. The number of nitrogens with zero attached hydrogens (tertiary/aromatic N) is 2. The van der Waals surface area contributed by atoms with Gasteiger partial charge >= 0.3 is 12.1 Å². The van der Waals surface area contributed by atoms with Crippen molar-refractivity contribution in [2.75, 3.05) is 23.9 Å². The summed E-state index contributed by atoms with van der Waals surface area (Å²) < 4.78 is 5.37. The maximum absolute atomic E-state index is 12.4. The van der Waals surface area contributed by atoms with Gasteiger partial charge in [-0.15, -0.1) is 0 Å². The molecular formula is C16H22N2O4. The highest BCUT2D eigenvalue weighted by Gasteiger charge is 2.41. The minimum atomic E-state index is -1.04. The maximum Gasteiger partial charge on any atom is 0.415 e. The normalized spacial score (nSPS) is 17.1. The SMILES string of the molecule is CN(C)c1cccc2c1CC(C(=O)O)N2C(=O)OC(C)(C)C. The Kier molecular flexibility index (Phi) is 4.04. The number of carbonyl (C=O) groups excluding carboxylic acids is 1. The average Bonchev–Trinajstić information content (AvgIpc) is 2.75. The van der Waals surface area contributed by atoms with E-state index in [1.807, 2.05) is 31.1 Å². The molecule has 1 atom stereocenters. The van der Waals surface area contributed by atoms with Crippen LogP contribution in [0.4, 0.5) is 16.2 Å². The number of benzene rings is 1. The van der Waals surface area contributed by atoms with Gasteiger partial charge in [0.1, 0.15) is 11.6 Å². The Labute approximate surface area is 130 Å². The third kappa shape index (κ3) is 3.00. The van der Waals surface area contributed by atoms with Crippen molar-refractivity contribution in [2.45, 2.75) is 38.8 Å². The fourth-order valence-corrected chi connectivity index (χ4v) is 2.60. The van der Waals surface area contributed by atoms with E-state index in [4.69, 9.17) is 4.74 Å². The van der Waals surface area contributed by atoms with E-state index in [0.717, 1.165) is 11.3 Å². The molecule has 1 aromatic carbocycles. The first-order valence-corrected chi connectivity index (χ1v) is 7.16. The number of carbonyl (C=O) groups is 2. The molecule has 1 aliphatic heterocycles. The van der Waals surface area contributed by atoms with Crippen molar-refractivity contribution in [3.05, 3.63) is 23.8 Å². The fraction of sp³-hybridized carbons (Fsp3) is 0.500. The van der Waals surface area contributed by atoms with Crippen molar-refractivity contribution >= 4 is 23.4 Å². The average molecular weight is 306 g/mol. The maximum atomic E-state index is 12.4. The van der Waals surface area contributed by atoms with Crippen molar-refractivity contribution in [2.24, 2.45) is 0 Å². The lowest BCUT2D eigenvalue weighted by Gasteiger charge is -2.27. The van der Waals surface area contributed by atoms with E-state index in [0.29, 0.717) is 5.69 Å². The highest BCUT2D eigenvalue weighted by Crippen LogP contribution is 2.39. The van der Waals surface area contributed by atoms with Crippen LogP contribution in [0.1, 0.15) is 26.3 Å². The molecule has 120 valence electrons. The lowest BCUT2D eigenvalue weighted by molar-refractivity contribution is -0.138. The molecule has 1 unspecified atom stereocenters. The second-order valence-corrected chi connectivity index (χ2v) is 6.58. The minimum Gasteiger partial charge on any atom is -0.480 e. The van der Waals surface area contributed by atoms with Crippen LogP contribution in [0, 0.1) is 0 Å². The zero-order chi connectivity index (χ0) is 16.7. The van der Waals surface area contributed by atoms with Gasteiger partial charge in [0.05, 0.1) is 5.69 Å². The van der Waals surface area contributed by atoms with E-state index in [1.54, 1.807) is 26.8 Å². The standard InChI is InChI=1S/C16H22N2O4/c1-16(2,3)22-15(21)18-12-8-6-7-11(17(4)5)10(12)9-13(18)14(19)20/h6-8,13H,9H2,1-5H3,(H,19,20). The van der Waals surface area contributed by atoms with Crippen LogP contribution in [0.5, 0.6) is 0 Å². The van der Waals surface area contributed by atoms with Crippen molar-refractivity contribution in [1.29, 1.82) is 0 Å². The van der Waals surface area contributed by atoms with Crippen LogP contribution in [0.25, 0.3) is 0 Å². The second kappa shape index (κ2) is 5.51. The molecule has 0 spiro atoms. The molecule has 1 aliphatic rings. The first-order valence-electron chi connectivity index (χ1n) is 7.16. The smallest absolute Gasteiger partial charge is 0.415 e. The summed E-state index contributed by atoms with van der Waals surface area (Å²) >= 11 is 0. The monoisotopic (exact) mass is 306 g/mol. The van der Waals surface area contributed by atoms with Crippen LogP contribution in [0.15, 0.2) is 18.2 Å². The Morgan fingerprint density at radius 1 is 1.32 bits per heavy atom. The van der Waals surface area contributed by atoms with Gasteiger partial charge in [-0.3, -0.25) is 4.90 Å². The Hall–Kier alpha value is -2.24. The molecule has 2 rings (SSSR count). The Morgan fingerprint density at radius 2 is 1.95 bits per heavy atom. The molecule has 0 saturated carbocycles. The van der Waals surface area contributed by atoms with Crippen molar-refractivity contribution in [3.63, 3.8) is 0 Å². The Balaban J connectivity index is 2.46. The fourth-order valence-electron chi connectivity index (χ4n) is 2.60. The van der Waals surface area contributed by atoms with Gasteiger partial charge < -0.3 is 14.7 Å². The molecule has 6 heteroatoms. The highest BCUT2D eigenvalue weighted by molar-refractivity contribution is 5.99. The van der Waals surface area contributed by atoms with E-state index >= 15 is 0 Å². The van der Waals surface area contributed by atoms with Gasteiger partial charge in [-0.1, -0.05) is 6.07 Å². The van der Waals surface area contributed by atoms with Gasteiger partial charge in [-0.25, -0.2) is 9.59 Å². The van der Waals surface area contributed by atoms with E-state index in [-0.39, 0.29) is 6.42 Å². The number of anilines is 2. The molecule has 0 bridgehead atoms. The van der Waals surface area contributed by atoms with E-state index in [9.17, 15) is 14.7 Å². The summed E-state index contributed by atoms with van der Waals surface area (Å²) in [5.74, 6) is -1.04. The van der Waals surface area contributed by atoms with Crippen LogP contribution in [0.3, 0.4) is 0 Å². The third-order valence-corrected chi connectivity index (χ3v) is 3.45.